The maximum absolute atomic E-state index is 11.6. The van der Waals surface area contributed by atoms with Crippen LogP contribution in [0.25, 0.3) is 0 Å². The third-order valence-corrected chi connectivity index (χ3v) is 2.34. The number of rotatable bonds is 6. The molecule has 0 fully saturated rings. The van der Waals surface area contributed by atoms with Crippen LogP contribution in [-0.2, 0) is 4.79 Å². The van der Waals surface area contributed by atoms with Crippen LogP contribution in [0.3, 0.4) is 0 Å². The Hall–Kier alpha value is -1.88. The number of carbonyl (C=O) groups is 2. The van der Waals surface area contributed by atoms with E-state index in [2.05, 4.69) is 10.6 Å². The Morgan fingerprint density at radius 3 is 2.67 bits per heavy atom. The van der Waals surface area contributed by atoms with Crippen molar-refractivity contribution < 1.29 is 9.59 Å². The molecule has 0 unspecified atom stereocenters. The molecule has 0 aromatic heterocycles. The second kappa shape index (κ2) is 6.76. The van der Waals surface area contributed by atoms with Crippen molar-refractivity contribution in [3.8, 4) is 0 Å². The van der Waals surface area contributed by atoms with Gasteiger partial charge in [0.1, 0.15) is 0 Å². The van der Waals surface area contributed by atoms with Crippen LogP contribution in [0.5, 0.6) is 0 Å². The number of benzene rings is 1. The van der Waals surface area contributed by atoms with Crippen LogP contribution in [0.2, 0.25) is 0 Å². The number of nitrogens with two attached hydrogens (primary N) is 1. The fourth-order valence-electron chi connectivity index (χ4n) is 1.45. The predicted molar refractivity (Wildman–Crippen MR) is 71.3 cm³/mol. The van der Waals surface area contributed by atoms with Gasteiger partial charge in [-0.3, -0.25) is 9.59 Å². The van der Waals surface area contributed by atoms with Crippen molar-refractivity contribution in [3.05, 3.63) is 29.8 Å². The van der Waals surface area contributed by atoms with E-state index in [0.717, 1.165) is 0 Å². The molecule has 5 heteroatoms. The van der Waals surface area contributed by atoms with Gasteiger partial charge in [0.05, 0.1) is 0 Å². The molecule has 0 saturated carbocycles. The average Bonchev–Trinajstić information content (AvgIpc) is 2.28. The molecule has 4 N–H and O–H groups in total. The minimum absolute atomic E-state index is 0.0928. The van der Waals surface area contributed by atoms with Crippen molar-refractivity contribution in [2.75, 3.05) is 11.9 Å². The third-order valence-electron chi connectivity index (χ3n) is 2.34. The van der Waals surface area contributed by atoms with Gasteiger partial charge in [-0.25, -0.2) is 0 Å². The fraction of sp³-hybridized carbons (Fsp3) is 0.385. The molecule has 0 aliphatic rings. The zero-order valence-corrected chi connectivity index (χ0v) is 10.7. The summed E-state index contributed by atoms with van der Waals surface area (Å²) in [5.74, 6) is -0.600. The van der Waals surface area contributed by atoms with E-state index in [1.54, 1.807) is 24.3 Å². The summed E-state index contributed by atoms with van der Waals surface area (Å²) in [5, 5.41) is 5.88. The van der Waals surface area contributed by atoms with Gasteiger partial charge >= 0.3 is 0 Å². The smallest absolute Gasteiger partial charge is 0.248 e. The van der Waals surface area contributed by atoms with Crippen LogP contribution < -0.4 is 16.4 Å². The molecule has 0 atom stereocenters. The fourth-order valence-corrected chi connectivity index (χ4v) is 1.45. The summed E-state index contributed by atoms with van der Waals surface area (Å²) in [6.07, 6.45) is 0.388. The van der Waals surface area contributed by atoms with Crippen molar-refractivity contribution in [1.29, 1.82) is 0 Å². The summed E-state index contributed by atoms with van der Waals surface area (Å²) in [7, 11) is 0. The van der Waals surface area contributed by atoms with Gasteiger partial charge in [0.15, 0.2) is 0 Å². The Bertz CT molecular complexity index is 430. The first-order chi connectivity index (χ1) is 8.49. The van der Waals surface area contributed by atoms with E-state index in [9.17, 15) is 9.59 Å². The quantitative estimate of drug-likeness (QED) is 0.706. The Labute approximate surface area is 107 Å². The van der Waals surface area contributed by atoms with Crippen LogP contribution in [0.1, 0.15) is 30.6 Å². The summed E-state index contributed by atoms with van der Waals surface area (Å²) in [6.45, 7) is 4.67. The van der Waals surface area contributed by atoms with Crippen LogP contribution in [0.4, 0.5) is 5.69 Å². The molecule has 1 rings (SSSR count). The lowest BCUT2D eigenvalue weighted by Gasteiger charge is -2.09. The van der Waals surface area contributed by atoms with Crippen LogP contribution >= 0.6 is 0 Å². The average molecular weight is 249 g/mol. The number of nitrogens with one attached hydrogen (secondary N) is 2. The SMILES string of the molecule is CC(C)NCCC(=O)Nc1cccc(C(N)=O)c1. The first-order valence-corrected chi connectivity index (χ1v) is 5.92. The number of anilines is 1. The highest BCUT2D eigenvalue weighted by molar-refractivity contribution is 5.96. The number of primary amides is 1. The van der Waals surface area contributed by atoms with E-state index in [-0.39, 0.29) is 5.91 Å². The summed E-state index contributed by atoms with van der Waals surface area (Å²) in [5.41, 5.74) is 6.13. The second-order valence-corrected chi connectivity index (χ2v) is 4.35. The lowest BCUT2D eigenvalue weighted by molar-refractivity contribution is -0.116. The van der Waals surface area contributed by atoms with Crippen molar-refractivity contribution in [3.63, 3.8) is 0 Å². The highest BCUT2D eigenvalue weighted by Crippen LogP contribution is 2.10. The Morgan fingerprint density at radius 2 is 2.06 bits per heavy atom. The van der Waals surface area contributed by atoms with E-state index in [1.165, 1.54) is 0 Å². The minimum Gasteiger partial charge on any atom is -0.366 e. The highest BCUT2D eigenvalue weighted by Gasteiger charge is 2.05. The maximum atomic E-state index is 11.6. The number of amides is 2. The van der Waals surface area contributed by atoms with Gasteiger partial charge in [-0.2, -0.15) is 0 Å². The number of hydrogen-bond acceptors (Lipinski definition) is 3. The second-order valence-electron chi connectivity index (χ2n) is 4.35. The maximum Gasteiger partial charge on any atom is 0.248 e. The van der Waals surface area contributed by atoms with E-state index in [1.807, 2.05) is 13.8 Å². The van der Waals surface area contributed by atoms with Crippen molar-refractivity contribution in [1.82, 2.24) is 5.32 Å². The zero-order valence-electron chi connectivity index (χ0n) is 10.7. The normalized spacial score (nSPS) is 10.4. The Balaban J connectivity index is 2.49. The summed E-state index contributed by atoms with van der Waals surface area (Å²) >= 11 is 0. The van der Waals surface area contributed by atoms with Crippen molar-refractivity contribution in [2.24, 2.45) is 5.73 Å². The molecule has 0 bridgehead atoms. The molecule has 0 saturated heterocycles. The molecule has 0 spiro atoms. The Kier molecular flexibility index (Phi) is 5.32. The van der Waals surface area contributed by atoms with Gasteiger partial charge in [0.2, 0.25) is 11.8 Å². The third kappa shape index (κ3) is 4.97. The summed E-state index contributed by atoms with van der Waals surface area (Å²) in [6, 6.07) is 6.94. The van der Waals surface area contributed by atoms with Gasteiger partial charge < -0.3 is 16.4 Å². The highest BCUT2D eigenvalue weighted by atomic mass is 16.2. The molecule has 18 heavy (non-hydrogen) atoms. The van der Waals surface area contributed by atoms with Crippen LogP contribution in [0.15, 0.2) is 24.3 Å². The molecule has 5 nitrogen and oxygen atoms in total. The van der Waals surface area contributed by atoms with Crippen molar-refractivity contribution >= 4 is 17.5 Å². The first kappa shape index (κ1) is 14.2. The largest absolute Gasteiger partial charge is 0.366 e. The van der Waals surface area contributed by atoms with Crippen molar-refractivity contribution in [2.45, 2.75) is 26.3 Å². The summed E-state index contributed by atoms with van der Waals surface area (Å²) < 4.78 is 0. The number of carbonyl (C=O) groups excluding carboxylic acids is 2. The Morgan fingerprint density at radius 1 is 1.33 bits per heavy atom. The lowest BCUT2D eigenvalue weighted by atomic mass is 10.2. The molecule has 0 aliphatic heterocycles. The molecule has 0 aliphatic carbocycles. The predicted octanol–water partition coefficient (Wildman–Crippen LogP) is 1.11. The van der Waals surface area contributed by atoms with Crippen LogP contribution in [-0.4, -0.2) is 24.4 Å². The molecule has 1 aromatic carbocycles. The van der Waals surface area contributed by atoms with Gasteiger partial charge in [-0.1, -0.05) is 19.9 Å². The standard InChI is InChI=1S/C13H19N3O2/c1-9(2)15-7-6-12(17)16-11-5-3-4-10(8-11)13(14)18/h3-5,8-9,15H,6-7H2,1-2H3,(H2,14,18)(H,16,17). The number of hydrogen-bond donors (Lipinski definition) is 3. The molecule has 0 heterocycles. The summed E-state index contributed by atoms with van der Waals surface area (Å²) in [4.78, 5) is 22.6. The molecular formula is C13H19N3O2. The lowest BCUT2D eigenvalue weighted by Crippen LogP contribution is -2.27. The minimum atomic E-state index is -0.507. The van der Waals surface area contributed by atoms with Gasteiger partial charge in [-0.15, -0.1) is 0 Å². The van der Waals surface area contributed by atoms with Gasteiger partial charge in [0, 0.05) is 30.3 Å². The molecule has 2 amide bonds. The first-order valence-electron chi connectivity index (χ1n) is 5.92. The van der Waals surface area contributed by atoms with E-state index < -0.39 is 5.91 Å². The zero-order chi connectivity index (χ0) is 13.5. The molecule has 1 aromatic rings. The van der Waals surface area contributed by atoms with Crippen LogP contribution in [0, 0.1) is 0 Å². The van der Waals surface area contributed by atoms with E-state index in [0.29, 0.717) is 30.3 Å². The molecule has 98 valence electrons. The van der Waals surface area contributed by atoms with Gasteiger partial charge in [0.25, 0.3) is 0 Å². The topological polar surface area (TPSA) is 84.2 Å². The molecular weight excluding hydrogens is 230 g/mol. The molecule has 0 radical (unpaired) electrons. The van der Waals surface area contributed by atoms with E-state index in [4.69, 9.17) is 5.73 Å². The van der Waals surface area contributed by atoms with E-state index >= 15 is 0 Å². The monoisotopic (exact) mass is 249 g/mol. The van der Waals surface area contributed by atoms with Gasteiger partial charge in [-0.05, 0) is 18.2 Å².